The van der Waals surface area contributed by atoms with E-state index in [4.69, 9.17) is 4.74 Å². The van der Waals surface area contributed by atoms with Gasteiger partial charge in [0.25, 0.3) is 0 Å². The number of carbonyl (C=O) groups is 1. The van der Waals surface area contributed by atoms with E-state index >= 15 is 0 Å². The predicted molar refractivity (Wildman–Crippen MR) is 173 cm³/mol. The molecular weight excluding hydrogens is 502 g/mol. The zero-order valence-corrected chi connectivity index (χ0v) is 27.1. The van der Waals surface area contributed by atoms with Gasteiger partial charge in [0.1, 0.15) is 6.10 Å². The minimum atomic E-state index is -0.211. The summed E-state index contributed by atoms with van der Waals surface area (Å²) in [4.78, 5) is 14.8. The number of carbonyl (C=O) groups excluding carboxylic acids is 1. The van der Waals surface area contributed by atoms with Crippen molar-refractivity contribution in [3.05, 3.63) is 47.6 Å². The first-order valence-electron chi connectivity index (χ1n) is 16.9. The number of anilines is 1. The number of nitrogens with zero attached hydrogens (tertiary/aromatic N) is 1. The summed E-state index contributed by atoms with van der Waals surface area (Å²) >= 11 is 0. The maximum Gasteiger partial charge on any atom is 0.331 e. The van der Waals surface area contributed by atoms with Gasteiger partial charge in [0, 0.05) is 32.3 Å². The molecule has 0 aliphatic heterocycles. The first-order chi connectivity index (χ1) is 19.5. The number of rotatable bonds is 9. The predicted octanol–water partition coefficient (Wildman–Crippen LogP) is 9.72. The molecule has 0 heterocycles. The summed E-state index contributed by atoms with van der Waals surface area (Å²) in [5.74, 6) is 4.93. The minimum absolute atomic E-state index is 0.00977. The molecule has 8 atom stereocenters. The summed E-state index contributed by atoms with van der Waals surface area (Å²) in [5.41, 5.74) is 4.59. The lowest BCUT2D eigenvalue weighted by Crippen LogP contribution is -2.51. The molecule has 0 saturated heterocycles. The van der Waals surface area contributed by atoms with Crippen molar-refractivity contribution in [1.29, 1.82) is 0 Å². The first-order valence-corrected chi connectivity index (χ1v) is 16.9. The molecule has 41 heavy (non-hydrogen) atoms. The molecule has 4 aliphatic carbocycles. The van der Waals surface area contributed by atoms with E-state index in [1.54, 1.807) is 11.6 Å². The Kier molecular flexibility index (Phi) is 9.12. The van der Waals surface area contributed by atoms with Gasteiger partial charge < -0.3 is 9.64 Å². The summed E-state index contributed by atoms with van der Waals surface area (Å²) in [7, 11) is 4.07. The zero-order chi connectivity index (χ0) is 29.4. The van der Waals surface area contributed by atoms with Crippen molar-refractivity contribution >= 4 is 17.7 Å². The highest BCUT2D eigenvalue weighted by atomic mass is 16.5. The van der Waals surface area contributed by atoms with Crippen LogP contribution < -0.4 is 4.90 Å². The van der Waals surface area contributed by atoms with Crippen molar-refractivity contribution in [3.8, 4) is 0 Å². The highest BCUT2D eigenvalue weighted by molar-refractivity contribution is 5.87. The fourth-order valence-corrected chi connectivity index (χ4v) is 10.0. The summed E-state index contributed by atoms with van der Waals surface area (Å²) < 4.78 is 6.00. The van der Waals surface area contributed by atoms with Crippen LogP contribution >= 0.6 is 0 Å². The molecule has 0 N–H and O–H groups in total. The smallest absolute Gasteiger partial charge is 0.331 e. The molecule has 0 spiro atoms. The van der Waals surface area contributed by atoms with Gasteiger partial charge in [0.05, 0.1) is 0 Å². The third-order valence-corrected chi connectivity index (χ3v) is 12.4. The molecule has 1 aromatic rings. The van der Waals surface area contributed by atoms with Crippen LogP contribution in [-0.4, -0.2) is 26.2 Å². The molecule has 0 radical (unpaired) electrons. The second kappa shape index (κ2) is 12.3. The lowest BCUT2D eigenvalue weighted by Gasteiger charge is -2.58. The first kappa shape index (κ1) is 30.4. The Hall–Kier alpha value is -2.03. The van der Waals surface area contributed by atoms with Crippen LogP contribution in [0.3, 0.4) is 0 Å². The van der Waals surface area contributed by atoms with Gasteiger partial charge >= 0.3 is 5.97 Å². The highest BCUT2D eigenvalue weighted by Crippen LogP contribution is 2.67. The maximum absolute atomic E-state index is 12.7. The van der Waals surface area contributed by atoms with Crippen LogP contribution in [0.25, 0.3) is 6.08 Å². The van der Waals surface area contributed by atoms with Gasteiger partial charge in [-0.1, -0.05) is 77.7 Å². The van der Waals surface area contributed by atoms with Crippen LogP contribution in [0.4, 0.5) is 5.69 Å². The molecule has 1 aromatic carbocycles. The average molecular weight is 560 g/mol. The molecule has 3 saturated carbocycles. The molecule has 5 rings (SSSR count). The van der Waals surface area contributed by atoms with Crippen LogP contribution in [-0.2, 0) is 9.53 Å². The Labute approximate surface area is 251 Å². The number of hydrogen-bond donors (Lipinski definition) is 0. The molecule has 3 fully saturated rings. The second-order valence-corrected chi connectivity index (χ2v) is 15.4. The molecule has 3 nitrogen and oxygen atoms in total. The summed E-state index contributed by atoms with van der Waals surface area (Å²) in [5, 5.41) is 0. The van der Waals surface area contributed by atoms with Crippen molar-refractivity contribution in [2.45, 2.75) is 111 Å². The summed E-state index contributed by atoms with van der Waals surface area (Å²) in [6, 6.07) is 8.24. The Balaban J connectivity index is 1.19. The van der Waals surface area contributed by atoms with Gasteiger partial charge in [0.15, 0.2) is 0 Å². The van der Waals surface area contributed by atoms with E-state index in [0.29, 0.717) is 5.41 Å². The van der Waals surface area contributed by atoms with E-state index in [9.17, 15) is 4.79 Å². The standard InChI is InChI=1S/C38H57NO2/c1-26(2)9-8-10-27(3)33-18-19-34-32-17-14-29-25-31(21-23-37(29,4)35(32)22-24-38(33,34)5)41-36(40)20-13-28-11-15-30(16-12-28)39(6)7/h11-16,20,26-27,31-35H,8-10,17-19,21-25H2,1-7H3/b20-13+/t27-,31+,32-,33-,34+,35-,37+,38-/m1/s1. The van der Waals surface area contributed by atoms with Gasteiger partial charge in [-0.2, -0.15) is 0 Å². The van der Waals surface area contributed by atoms with E-state index in [1.807, 2.05) is 32.3 Å². The lowest BCUT2D eigenvalue weighted by atomic mass is 9.47. The van der Waals surface area contributed by atoms with Crippen LogP contribution in [0.2, 0.25) is 0 Å². The van der Waals surface area contributed by atoms with E-state index in [-0.39, 0.29) is 17.5 Å². The monoisotopic (exact) mass is 559 g/mol. The van der Waals surface area contributed by atoms with E-state index < -0.39 is 0 Å². The topological polar surface area (TPSA) is 29.5 Å². The fourth-order valence-electron chi connectivity index (χ4n) is 10.0. The Morgan fingerprint density at radius 3 is 2.46 bits per heavy atom. The van der Waals surface area contributed by atoms with E-state index in [2.05, 4.69) is 57.7 Å². The fraction of sp³-hybridized carbons (Fsp3) is 0.711. The molecule has 3 heteroatoms. The molecule has 0 amide bonds. The van der Waals surface area contributed by atoms with Crippen LogP contribution in [0.1, 0.15) is 111 Å². The van der Waals surface area contributed by atoms with Gasteiger partial charge in [0.2, 0.25) is 0 Å². The number of esters is 1. The maximum atomic E-state index is 12.7. The van der Waals surface area contributed by atoms with E-state index in [1.165, 1.54) is 51.4 Å². The normalized spacial score (nSPS) is 35.4. The highest BCUT2D eigenvalue weighted by Gasteiger charge is 2.59. The van der Waals surface area contributed by atoms with Crippen molar-refractivity contribution < 1.29 is 9.53 Å². The third kappa shape index (κ3) is 6.21. The number of fused-ring (bicyclic) bond motifs is 5. The van der Waals surface area contributed by atoms with Gasteiger partial charge in [-0.3, -0.25) is 0 Å². The van der Waals surface area contributed by atoms with Crippen molar-refractivity contribution in [2.24, 2.45) is 46.3 Å². The SMILES string of the molecule is CC(C)CCC[C@@H](C)[C@H]1CC[C@H]2[C@H]3CC=C4C[C@@H](OC(=O)/C=C/c5ccc(N(C)C)cc5)CC[C@]4(C)[C@@H]3CC[C@]12C. The molecule has 0 unspecified atom stereocenters. The number of benzene rings is 1. The molecular formula is C38H57NO2. The van der Waals surface area contributed by atoms with Gasteiger partial charge in [-0.15, -0.1) is 0 Å². The minimum Gasteiger partial charge on any atom is -0.459 e. The Morgan fingerprint density at radius 1 is 1.00 bits per heavy atom. The van der Waals surface area contributed by atoms with Gasteiger partial charge in [-0.25, -0.2) is 4.79 Å². The number of ether oxygens (including phenoxy) is 1. The van der Waals surface area contributed by atoms with Crippen molar-refractivity contribution in [1.82, 2.24) is 0 Å². The molecule has 0 aromatic heterocycles. The van der Waals surface area contributed by atoms with Crippen molar-refractivity contribution in [2.75, 3.05) is 19.0 Å². The molecule has 226 valence electrons. The quantitative estimate of drug-likeness (QED) is 0.171. The van der Waals surface area contributed by atoms with Crippen molar-refractivity contribution in [3.63, 3.8) is 0 Å². The Morgan fingerprint density at radius 2 is 1.76 bits per heavy atom. The molecule has 0 bridgehead atoms. The lowest BCUT2D eigenvalue weighted by molar-refractivity contribution is -0.145. The number of hydrogen-bond acceptors (Lipinski definition) is 3. The molecule has 4 aliphatic rings. The van der Waals surface area contributed by atoms with Crippen LogP contribution in [0, 0.1) is 46.3 Å². The van der Waals surface area contributed by atoms with Crippen LogP contribution in [0.5, 0.6) is 0 Å². The third-order valence-electron chi connectivity index (χ3n) is 12.4. The van der Waals surface area contributed by atoms with Gasteiger partial charge in [-0.05, 0) is 115 Å². The average Bonchev–Trinajstić information content (AvgIpc) is 3.29. The second-order valence-electron chi connectivity index (χ2n) is 15.4. The largest absolute Gasteiger partial charge is 0.459 e. The summed E-state index contributed by atoms with van der Waals surface area (Å²) in [6.07, 6.45) is 20.3. The number of allylic oxidation sites excluding steroid dienone is 1. The Bertz CT molecular complexity index is 1120. The zero-order valence-electron chi connectivity index (χ0n) is 27.1. The van der Waals surface area contributed by atoms with Crippen LogP contribution in [0.15, 0.2) is 42.0 Å². The van der Waals surface area contributed by atoms with E-state index in [0.717, 1.165) is 66.0 Å². The summed E-state index contributed by atoms with van der Waals surface area (Å²) in [6.45, 7) is 12.6.